The third-order valence-electron chi connectivity index (χ3n) is 4.57. The molecular formula is C16H17NO2. The Hall–Kier alpha value is -1.61. The van der Waals surface area contributed by atoms with Crippen molar-refractivity contribution in [3.8, 4) is 5.75 Å². The molecule has 2 atom stereocenters. The molecule has 1 aromatic carbocycles. The number of ether oxygens (including phenoxy) is 1. The molecule has 1 fully saturated rings. The second kappa shape index (κ2) is 3.94. The Morgan fingerprint density at radius 2 is 2.21 bits per heavy atom. The van der Waals surface area contributed by atoms with Crippen LogP contribution >= 0.6 is 0 Å². The minimum Gasteiger partial charge on any atom is -0.462 e. The zero-order valence-corrected chi connectivity index (χ0v) is 10.8. The predicted molar refractivity (Wildman–Crippen MR) is 73.0 cm³/mol. The first-order valence-electron chi connectivity index (χ1n) is 7.04. The molecule has 2 aromatic rings. The van der Waals surface area contributed by atoms with Crippen LogP contribution in [0.15, 0.2) is 30.5 Å². The van der Waals surface area contributed by atoms with Crippen LogP contribution < -0.4 is 4.74 Å². The number of benzene rings is 1. The zero-order chi connectivity index (χ0) is 12.9. The number of fused-ring (bicyclic) bond motifs is 4. The molecule has 0 bridgehead atoms. The van der Waals surface area contributed by atoms with Gasteiger partial charge < -0.3 is 9.84 Å². The maximum atomic E-state index is 10.7. The molecule has 1 aliphatic carbocycles. The third-order valence-corrected chi connectivity index (χ3v) is 4.57. The third kappa shape index (κ3) is 1.65. The molecule has 0 spiro atoms. The zero-order valence-electron chi connectivity index (χ0n) is 10.8. The van der Waals surface area contributed by atoms with Gasteiger partial charge in [0.15, 0.2) is 0 Å². The molecule has 3 heteroatoms. The smallest absolute Gasteiger partial charge is 0.211 e. The Kier molecular flexibility index (Phi) is 2.33. The van der Waals surface area contributed by atoms with Crippen LogP contribution in [-0.2, 0) is 6.42 Å². The van der Waals surface area contributed by atoms with E-state index in [-0.39, 0.29) is 5.92 Å². The van der Waals surface area contributed by atoms with E-state index in [0.29, 0.717) is 0 Å². The molecular weight excluding hydrogens is 238 g/mol. The number of pyridine rings is 1. The van der Waals surface area contributed by atoms with E-state index >= 15 is 0 Å². The molecule has 98 valence electrons. The highest BCUT2D eigenvalue weighted by Crippen LogP contribution is 2.45. The average molecular weight is 255 g/mol. The van der Waals surface area contributed by atoms with Gasteiger partial charge in [0.2, 0.25) is 5.79 Å². The Balaban J connectivity index is 1.87. The quantitative estimate of drug-likeness (QED) is 0.786. The largest absolute Gasteiger partial charge is 0.462 e. The van der Waals surface area contributed by atoms with E-state index < -0.39 is 5.79 Å². The van der Waals surface area contributed by atoms with Gasteiger partial charge in [-0.15, -0.1) is 0 Å². The van der Waals surface area contributed by atoms with Gasteiger partial charge in [0.1, 0.15) is 5.75 Å². The van der Waals surface area contributed by atoms with Crippen LogP contribution in [0.4, 0.5) is 0 Å². The van der Waals surface area contributed by atoms with Crippen molar-refractivity contribution in [2.75, 3.05) is 0 Å². The summed E-state index contributed by atoms with van der Waals surface area (Å²) in [6.07, 6.45) is 6.76. The van der Waals surface area contributed by atoms with Crippen molar-refractivity contribution in [1.82, 2.24) is 4.98 Å². The van der Waals surface area contributed by atoms with Gasteiger partial charge in [-0.05, 0) is 37.5 Å². The first-order chi connectivity index (χ1) is 9.26. The summed E-state index contributed by atoms with van der Waals surface area (Å²) in [6.45, 7) is 0. The summed E-state index contributed by atoms with van der Waals surface area (Å²) in [5.41, 5.74) is 2.22. The van der Waals surface area contributed by atoms with E-state index in [2.05, 4.69) is 11.1 Å². The van der Waals surface area contributed by atoms with E-state index in [1.165, 1.54) is 12.0 Å². The minimum absolute atomic E-state index is 0.222. The fourth-order valence-corrected chi connectivity index (χ4v) is 3.53. The summed E-state index contributed by atoms with van der Waals surface area (Å²) in [7, 11) is 0. The standard InChI is InChI=1S/C16H17NO2/c18-16-8-2-1-4-11(16)10-13-12-5-3-9-17-14(12)6-7-15(13)19-16/h3,5-7,9,11,18H,1-2,4,8,10H2/t11-,16+/m0/s1. The Labute approximate surface area is 112 Å². The summed E-state index contributed by atoms with van der Waals surface area (Å²) >= 11 is 0. The lowest BCUT2D eigenvalue weighted by molar-refractivity contribution is -0.203. The van der Waals surface area contributed by atoms with Crippen LogP contribution in [-0.4, -0.2) is 15.9 Å². The number of aliphatic hydroxyl groups is 1. The van der Waals surface area contributed by atoms with Crippen LogP contribution in [0, 0.1) is 5.92 Å². The number of aromatic nitrogens is 1. The maximum Gasteiger partial charge on any atom is 0.211 e. The minimum atomic E-state index is -0.943. The van der Waals surface area contributed by atoms with Gasteiger partial charge in [0.05, 0.1) is 5.52 Å². The van der Waals surface area contributed by atoms with E-state index in [9.17, 15) is 5.11 Å². The fraction of sp³-hybridized carbons (Fsp3) is 0.438. The lowest BCUT2D eigenvalue weighted by atomic mass is 9.77. The monoisotopic (exact) mass is 255 g/mol. The molecule has 2 aliphatic rings. The highest BCUT2D eigenvalue weighted by molar-refractivity contribution is 5.84. The molecule has 1 N–H and O–H groups in total. The first kappa shape index (κ1) is 11.2. The Bertz CT molecular complexity index is 640. The van der Waals surface area contributed by atoms with Gasteiger partial charge in [-0.2, -0.15) is 0 Å². The summed E-state index contributed by atoms with van der Waals surface area (Å²) in [4.78, 5) is 4.39. The van der Waals surface area contributed by atoms with Crippen molar-refractivity contribution < 1.29 is 9.84 Å². The molecule has 2 heterocycles. The van der Waals surface area contributed by atoms with Gasteiger partial charge in [-0.25, -0.2) is 0 Å². The van der Waals surface area contributed by atoms with Gasteiger partial charge >= 0.3 is 0 Å². The number of hydrogen-bond donors (Lipinski definition) is 1. The van der Waals surface area contributed by atoms with E-state index in [1.807, 2.05) is 24.4 Å². The maximum absolute atomic E-state index is 10.7. The van der Waals surface area contributed by atoms with Crippen LogP contribution in [0.5, 0.6) is 5.75 Å². The summed E-state index contributed by atoms with van der Waals surface area (Å²) in [5, 5.41) is 11.8. The van der Waals surface area contributed by atoms with Crippen LogP contribution in [0.3, 0.4) is 0 Å². The van der Waals surface area contributed by atoms with Crippen LogP contribution in [0.2, 0.25) is 0 Å². The Morgan fingerprint density at radius 1 is 1.26 bits per heavy atom. The van der Waals surface area contributed by atoms with E-state index in [0.717, 1.165) is 42.3 Å². The van der Waals surface area contributed by atoms with Crippen molar-refractivity contribution in [3.63, 3.8) is 0 Å². The molecule has 0 saturated heterocycles. The highest BCUT2D eigenvalue weighted by Gasteiger charge is 2.45. The number of nitrogens with zero attached hydrogens (tertiary/aromatic N) is 1. The Morgan fingerprint density at radius 3 is 3.16 bits per heavy atom. The molecule has 3 nitrogen and oxygen atoms in total. The molecule has 19 heavy (non-hydrogen) atoms. The summed E-state index contributed by atoms with van der Waals surface area (Å²) < 4.78 is 5.96. The molecule has 0 radical (unpaired) electrons. The molecule has 0 amide bonds. The van der Waals surface area contributed by atoms with E-state index in [1.54, 1.807) is 0 Å². The highest BCUT2D eigenvalue weighted by atomic mass is 16.6. The van der Waals surface area contributed by atoms with Gasteiger partial charge in [-0.1, -0.05) is 12.5 Å². The molecule has 1 saturated carbocycles. The average Bonchev–Trinajstić information content (AvgIpc) is 2.44. The topological polar surface area (TPSA) is 42.4 Å². The van der Waals surface area contributed by atoms with Crippen LogP contribution in [0.25, 0.3) is 10.9 Å². The summed E-state index contributed by atoms with van der Waals surface area (Å²) in [5.74, 6) is 0.113. The van der Waals surface area contributed by atoms with Gasteiger partial charge in [-0.3, -0.25) is 4.98 Å². The number of rotatable bonds is 0. The summed E-state index contributed by atoms with van der Waals surface area (Å²) in [6, 6.07) is 7.98. The van der Waals surface area contributed by atoms with Crippen LogP contribution in [0.1, 0.15) is 31.2 Å². The molecule has 4 rings (SSSR count). The van der Waals surface area contributed by atoms with Crippen molar-refractivity contribution >= 4 is 10.9 Å². The fourth-order valence-electron chi connectivity index (χ4n) is 3.53. The predicted octanol–water partition coefficient (Wildman–Crippen LogP) is 3.05. The second-order valence-corrected chi connectivity index (χ2v) is 5.71. The van der Waals surface area contributed by atoms with Crippen molar-refractivity contribution in [2.45, 2.75) is 37.9 Å². The number of hydrogen-bond acceptors (Lipinski definition) is 3. The normalized spacial score (nSPS) is 29.4. The molecule has 1 aromatic heterocycles. The second-order valence-electron chi connectivity index (χ2n) is 5.71. The molecule has 1 aliphatic heterocycles. The van der Waals surface area contributed by atoms with Gasteiger partial charge in [0.25, 0.3) is 0 Å². The van der Waals surface area contributed by atoms with E-state index in [4.69, 9.17) is 4.74 Å². The van der Waals surface area contributed by atoms with Crippen molar-refractivity contribution in [2.24, 2.45) is 5.92 Å². The van der Waals surface area contributed by atoms with Crippen molar-refractivity contribution in [3.05, 3.63) is 36.0 Å². The SMILES string of the molecule is O[C@@]12CCCC[C@H]1Cc1c(ccc3ncccc13)O2. The first-order valence-corrected chi connectivity index (χ1v) is 7.04. The van der Waals surface area contributed by atoms with Gasteiger partial charge in [0, 0.05) is 29.5 Å². The lowest BCUT2D eigenvalue weighted by Crippen LogP contribution is -2.49. The lowest BCUT2D eigenvalue weighted by Gasteiger charge is -2.44. The van der Waals surface area contributed by atoms with Crippen molar-refractivity contribution in [1.29, 1.82) is 0 Å². The molecule has 0 unspecified atom stereocenters.